The van der Waals surface area contributed by atoms with E-state index in [0.29, 0.717) is 23.6 Å². The molecule has 0 heterocycles. The minimum Gasteiger partial charge on any atom is -0.492 e. The van der Waals surface area contributed by atoms with E-state index in [1.165, 1.54) is 0 Å². The summed E-state index contributed by atoms with van der Waals surface area (Å²) in [5.41, 5.74) is 3.48. The number of aryl methyl sites for hydroxylation is 1. The molecule has 0 unspecified atom stereocenters. The second-order valence-electron chi connectivity index (χ2n) is 5.62. The molecule has 0 spiro atoms. The van der Waals surface area contributed by atoms with Crippen molar-refractivity contribution in [1.82, 2.24) is 0 Å². The van der Waals surface area contributed by atoms with Crippen molar-refractivity contribution in [2.75, 3.05) is 11.9 Å². The number of nitriles is 1. The molecule has 0 fully saturated rings. The van der Waals surface area contributed by atoms with Crippen LogP contribution in [0.3, 0.4) is 0 Å². The molecule has 6 heteroatoms. The number of benzene rings is 2. The number of hydrogen-bond donors (Lipinski definition) is 1. The lowest BCUT2D eigenvalue weighted by atomic mass is 10.1. The van der Waals surface area contributed by atoms with Crippen molar-refractivity contribution >= 4 is 49.5 Å². The van der Waals surface area contributed by atoms with Gasteiger partial charge in [-0.2, -0.15) is 5.26 Å². The Bertz CT molecular complexity index is 892. The van der Waals surface area contributed by atoms with Gasteiger partial charge in [0.25, 0.3) is 5.91 Å². The fourth-order valence-electron chi connectivity index (χ4n) is 2.34. The molecule has 4 nitrogen and oxygen atoms in total. The molecule has 134 valence electrons. The van der Waals surface area contributed by atoms with E-state index in [1.807, 2.05) is 45.0 Å². The molecule has 26 heavy (non-hydrogen) atoms. The number of nitrogens with zero attached hydrogens (tertiary/aromatic N) is 1. The van der Waals surface area contributed by atoms with Gasteiger partial charge in [0.2, 0.25) is 0 Å². The number of amides is 1. The Kier molecular flexibility index (Phi) is 7.01. The monoisotopic (exact) mass is 476 g/mol. The summed E-state index contributed by atoms with van der Waals surface area (Å²) >= 11 is 6.90. The second kappa shape index (κ2) is 9.02. The first-order valence-corrected chi connectivity index (χ1v) is 9.57. The molecule has 2 aromatic carbocycles. The van der Waals surface area contributed by atoms with Crippen LogP contribution in [0.25, 0.3) is 6.08 Å². The number of rotatable bonds is 5. The van der Waals surface area contributed by atoms with Gasteiger partial charge in [0.1, 0.15) is 17.4 Å². The van der Waals surface area contributed by atoms with Gasteiger partial charge in [0.05, 0.1) is 15.6 Å². The van der Waals surface area contributed by atoms with Crippen molar-refractivity contribution in [2.45, 2.75) is 20.8 Å². The largest absolute Gasteiger partial charge is 0.492 e. The highest BCUT2D eigenvalue weighted by atomic mass is 79.9. The Morgan fingerprint density at radius 1 is 1.27 bits per heavy atom. The zero-order chi connectivity index (χ0) is 19.3. The lowest BCUT2D eigenvalue weighted by Gasteiger charge is -2.11. The fraction of sp³-hybridized carbons (Fsp3) is 0.200. The van der Waals surface area contributed by atoms with E-state index >= 15 is 0 Å². The van der Waals surface area contributed by atoms with Crippen LogP contribution < -0.4 is 10.1 Å². The maximum absolute atomic E-state index is 12.5. The number of hydrogen-bond acceptors (Lipinski definition) is 3. The van der Waals surface area contributed by atoms with Crippen molar-refractivity contribution in [3.63, 3.8) is 0 Å². The van der Waals surface area contributed by atoms with Crippen LogP contribution in [-0.2, 0) is 4.79 Å². The molecule has 0 bridgehead atoms. The van der Waals surface area contributed by atoms with Gasteiger partial charge in [-0.15, -0.1) is 0 Å². The molecule has 0 saturated carbocycles. The smallest absolute Gasteiger partial charge is 0.266 e. The summed E-state index contributed by atoms with van der Waals surface area (Å²) in [6.07, 6.45) is 1.55. The lowest BCUT2D eigenvalue weighted by molar-refractivity contribution is -0.112. The fourth-order valence-corrected chi connectivity index (χ4v) is 3.79. The maximum atomic E-state index is 12.5. The van der Waals surface area contributed by atoms with E-state index in [4.69, 9.17) is 4.74 Å². The zero-order valence-corrected chi connectivity index (χ0v) is 17.9. The molecule has 2 rings (SSSR count). The first-order chi connectivity index (χ1) is 12.4. The molecule has 0 radical (unpaired) electrons. The Balaban J connectivity index is 2.31. The summed E-state index contributed by atoms with van der Waals surface area (Å²) in [7, 11) is 0. The van der Waals surface area contributed by atoms with Gasteiger partial charge in [-0.1, -0.05) is 12.1 Å². The highest BCUT2D eigenvalue weighted by molar-refractivity contribution is 9.11. The molecule has 1 N–H and O–H groups in total. The molecule has 0 atom stereocenters. The Morgan fingerprint density at radius 3 is 2.50 bits per heavy atom. The van der Waals surface area contributed by atoms with Crippen molar-refractivity contribution in [2.24, 2.45) is 0 Å². The van der Waals surface area contributed by atoms with Crippen molar-refractivity contribution < 1.29 is 9.53 Å². The van der Waals surface area contributed by atoms with Gasteiger partial charge >= 0.3 is 0 Å². The topological polar surface area (TPSA) is 62.1 Å². The summed E-state index contributed by atoms with van der Waals surface area (Å²) in [5.74, 6) is 0.241. The van der Waals surface area contributed by atoms with Gasteiger partial charge in [-0.3, -0.25) is 4.79 Å². The number of halogens is 2. The van der Waals surface area contributed by atoms with E-state index in [1.54, 1.807) is 18.2 Å². The normalized spacial score (nSPS) is 11.0. The average Bonchev–Trinajstić information content (AvgIpc) is 2.60. The van der Waals surface area contributed by atoms with Crippen LogP contribution in [0.1, 0.15) is 23.6 Å². The number of ether oxygens (including phenoxy) is 1. The highest BCUT2D eigenvalue weighted by Crippen LogP contribution is 2.35. The number of anilines is 1. The first kappa shape index (κ1) is 20.2. The number of nitrogens with one attached hydrogen (secondary N) is 1. The third-order valence-electron chi connectivity index (χ3n) is 3.84. The van der Waals surface area contributed by atoms with Crippen molar-refractivity contribution in [1.29, 1.82) is 5.26 Å². The molecular weight excluding hydrogens is 460 g/mol. The van der Waals surface area contributed by atoms with Gasteiger partial charge in [0, 0.05) is 5.69 Å². The summed E-state index contributed by atoms with van der Waals surface area (Å²) in [5, 5.41) is 12.2. The molecule has 1 amide bonds. The van der Waals surface area contributed by atoms with Crippen LogP contribution in [0, 0.1) is 25.2 Å². The van der Waals surface area contributed by atoms with E-state index in [-0.39, 0.29) is 5.57 Å². The van der Waals surface area contributed by atoms with Gasteiger partial charge in [-0.25, -0.2) is 0 Å². The molecular formula is C20H18Br2N2O2. The summed E-state index contributed by atoms with van der Waals surface area (Å²) in [4.78, 5) is 12.5. The van der Waals surface area contributed by atoms with Gasteiger partial charge < -0.3 is 10.1 Å². The highest BCUT2D eigenvalue weighted by Gasteiger charge is 2.13. The standard InChI is InChI=1S/C20H18Br2N2O2/c1-4-26-19-16(21)9-14(10-17(19)22)8-15(11-23)20(25)24-18-7-5-6-12(2)13(18)3/h5-10H,4H2,1-3H3,(H,24,25)/b15-8+. The zero-order valence-electron chi connectivity index (χ0n) is 14.7. The van der Waals surface area contributed by atoms with Crippen LogP contribution in [0.2, 0.25) is 0 Å². The predicted octanol–water partition coefficient (Wildman–Crippen LogP) is 5.77. The molecule has 2 aromatic rings. The SMILES string of the molecule is CCOc1c(Br)cc(/C=C(\C#N)C(=O)Nc2cccc(C)c2C)cc1Br. The summed E-state index contributed by atoms with van der Waals surface area (Å²) < 4.78 is 7.03. The van der Waals surface area contributed by atoms with E-state index in [9.17, 15) is 10.1 Å². The second-order valence-corrected chi connectivity index (χ2v) is 7.33. The van der Waals surface area contributed by atoms with Crippen LogP contribution in [0.4, 0.5) is 5.69 Å². The summed E-state index contributed by atoms with van der Waals surface area (Å²) in [6.45, 7) is 6.34. The third-order valence-corrected chi connectivity index (χ3v) is 5.02. The first-order valence-electron chi connectivity index (χ1n) is 7.98. The molecule has 0 saturated heterocycles. The van der Waals surface area contributed by atoms with E-state index in [0.717, 1.165) is 20.1 Å². The molecule has 0 aliphatic carbocycles. The molecule has 0 aliphatic heterocycles. The van der Waals surface area contributed by atoms with E-state index in [2.05, 4.69) is 37.2 Å². The van der Waals surface area contributed by atoms with Crippen molar-refractivity contribution in [3.05, 3.63) is 61.5 Å². The third kappa shape index (κ3) is 4.75. The van der Waals surface area contributed by atoms with Crippen LogP contribution in [0.5, 0.6) is 5.75 Å². The quantitative estimate of drug-likeness (QED) is 0.439. The number of carbonyl (C=O) groups excluding carboxylic acids is 1. The van der Waals surface area contributed by atoms with Crippen LogP contribution in [0.15, 0.2) is 44.9 Å². The van der Waals surface area contributed by atoms with Crippen LogP contribution >= 0.6 is 31.9 Å². The maximum Gasteiger partial charge on any atom is 0.266 e. The minimum atomic E-state index is -0.442. The predicted molar refractivity (Wildman–Crippen MR) is 111 cm³/mol. The molecule has 0 aliphatic rings. The molecule has 0 aromatic heterocycles. The average molecular weight is 478 g/mol. The number of carbonyl (C=O) groups is 1. The Hall–Kier alpha value is -2.10. The lowest BCUT2D eigenvalue weighted by Crippen LogP contribution is -2.14. The van der Waals surface area contributed by atoms with Crippen molar-refractivity contribution in [3.8, 4) is 11.8 Å². The van der Waals surface area contributed by atoms with Gasteiger partial charge in [0.15, 0.2) is 0 Å². The Labute approximate surface area is 170 Å². The minimum absolute atomic E-state index is 0.0221. The van der Waals surface area contributed by atoms with Gasteiger partial charge in [-0.05, 0) is 93.6 Å². The van der Waals surface area contributed by atoms with Crippen LogP contribution in [-0.4, -0.2) is 12.5 Å². The summed E-state index contributed by atoms with van der Waals surface area (Å²) in [6, 6.07) is 11.2. The Morgan fingerprint density at radius 2 is 1.92 bits per heavy atom. The van der Waals surface area contributed by atoms with E-state index < -0.39 is 5.91 Å².